The molecule has 2 aliphatic heterocycles. The number of hydrogen-bond donors (Lipinski definition) is 2. The van der Waals surface area contributed by atoms with Crippen molar-refractivity contribution in [3.8, 4) is 0 Å². The van der Waals surface area contributed by atoms with Crippen LogP contribution in [-0.2, 0) is 16.1 Å². The monoisotopic (exact) mass is 392 g/mol. The Balaban J connectivity index is 1.57. The van der Waals surface area contributed by atoms with Gasteiger partial charge < -0.3 is 10.4 Å². The van der Waals surface area contributed by atoms with Crippen molar-refractivity contribution in [1.82, 2.24) is 10.2 Å². The number of rotatable bonds is 6. The van der Waals surface area contributed by atoms with Crippen molar-refractivity contribution < 1.29 is 14.7 Å². The molecule has 1 aromatic carbocycles. The van der Waals surface area contributed by atoms with E-state index in [4.69, 9.17) is 5.11 Å². The maximum absolute atomic E-state index is 11.7. The molecule has 0 aliphatic carbocycles. The molecule has 1 unspecified atom stereocenters. The van der Waals surface area contributed by atoms with Crippen LogP contribution in [0.2, 0.25) is 0 Å². The molecule has 0 spiro atoms. The quantitative estimate of drug-likeness (QED) is 0.564. The fourth-order valence-corrected chi connectivity index (χ4v) is 4.58. The van der Waals surface area contributed by atoms with Gasteiger partial charge in [-0.1, -0.05) is 30.0 Å². The van der Waals surface area contributed by atoms with E-state index in [1.807, 2.05) is 23.9 Å². The molecular formula is C17H20N4O3S2. The molecule has 1 atom stereocenters. The third-order valence-electron chi connectivity index (χ3n) is 3.95. The van der Waals surface area contributed by atoms with Crippen LogP contribution in [0.5, 0.6) is 0 Å². The topological polar surface area (TPSA) is 94.4 Å². The molecule has 0 aromatic heterocycles. The third-order valence-corrected chi connectivity index (χ3v) is 5.97. The van der Waals surface area contributed by atoms with Crippen LogP contribution in [0.25, 0.3) is 0 Å². The molecule has 138 valence electrons. The van der Waals surface area contributed by atoms with E-state index in [-0.39, 0.29) is 12.3 Å². The second kappa shape index (κ2) is 9.20. The average Bonchev–Trinajstić information content (AvgIpc) is 2.95. The number of thioether (sulfide) groups is 2. The summed E-state index contributed by atoms with van der Waals surface area (Å²) in [5.41, 5.74) is 2.17. The van der Waals surface area contributed by atoms with Gasteiger partial charge in [0.2, 0.25) is 5.91 Å². The van der Waals surface area contributed by atoms with Crippen molar-refractivity contribution in [2.75, 3.05) is 24.6 Å². The SMILES string of the molecule is O=C(O)CC1SC(=NN=Cc2cccc(CN3CCSCC3)c2)NC1=O. The summed E-state index contributed by atoms with van der Waals surface area (Å²) in [4.78, 5) is 24.8. The van der Waals surface area contributed by atoms with Crippen LogP contribution in [0.3, 0.4) is 0 Å². The van der Waals surface area contributed by atoms with Crippen molar-refractivity contribution in [2.45, 2.75) is 18.2 Å². The Kier molecular flexibility index (Phi) is 6.70. The first-order chi connectivity index (χ1) is 12.6. The number of amides is 1. The van der Waals surface area contributed by atoms with Gasteiger partial charge >= 0.3 is 5.97 Å². The van der Waals surface area contributed by atoms with Crippen molar-refractivity contribution >= 4 is 46.8 Å². The highest BCUT2D eigenvalue weighted by Crippen LogP contribution is 2.22. The Morgan fingerprint density at radius 3 is 2.96 bits per heavy atom. The van der Waals surface area contributed by atoms with Gasteiger partial charge in [-0.2, -0.15) is 16.9 Å². The van der Waals surface area contributed by atoms with E-state index in [2.05, 4.69) is 32.6 Å². The van der Waals surface area contributed by atoms with Gasteiger partial charge in [0, 0.05) is 31.1 Å². The highest BCUT2D eigenvalue weighted by Gasteiger charge is 2.32. The van der Waals surface area contributed by atoms with E-state index in [1.54, 1.807) is 6.21 Å². The molecule has 0 saturated carbocycles. The van der Waals surface area contributed by atoms with Gasteiger partial charge in [-0.3, -0.25) is 14.5 Å². The van der Waals surface area contributed by atoms with E-state index in [0.717, 1.165) is 37.0 Å². The average molecular weight is 393 g/mol. The number of nitrogens with one attached hydrogen (secondary N) is 1. The van der Waals surface area contributed by atoms with Gasteiger partial charge in [-0.15, -0.1) is 5.10 Å². The van der Waals surface area contributed by atoms with Crippen molar-refractivity contribution in [1.29, 1.82) is 0 Å². The molecule has 2 saturated heterocycles. The zero-order chi connectivity index (χ0) is 18.4. The summed E-state index contributed by atoms with van der Waals surface area (Å²) >= 11 is 3.09. The fourth-order valence-electron chi connectivity index (χ4n) is 2.68. The number of carboxylic acids is 1. The lowest BCUT2D eigenvalue weighted by atomic mass is 10.1. The standard InChI is InChI=1S/C17H20N4O3S2/c22-15(23)9-14-16(24)19-17(26-14)20-18-10-12-2-1-3-13(8-12)11-21-4-6-25-7-5-21/h1-3,8,10,14H,4-7,9,11H2,(H,22,23)(H,19,20,24). The van der Waals surface area contributed by atoms with Crippen LogP contribution in [0.4, 0.5) is 0 Å². The molecule has 2 aliphatic rings. The van der Waals surface area contributed by atoms with Crippen LogP contribution < -0.4 is 5.32 Å². The van der Waals surface area contributed by atoms with Gasteiger partial charge in [-0.25, -0.2) is 0 Å². The third kappa shape index (κ3) is 5.58. The van der Waals surface area contributed by atoms with E-state index in [0.29, 0.717) is 5.17 Å². The molecule has 1 aromatic rings. The van der Waals surface area contributed by atoms with Crippen LogP contribution in [0.15, 0.2) is 34.5 Å². The van der Waals surface area contributed by atoms with Crippen LogP contribution in [0.1, 0.15) is 17.5 Å². The van der Waals surface area contributed by atoms with Gasteiger partial charge in [0.1, 0.15) is 5.25 Å². The molecule has 1 amide bonds. The van der Waals surface area contributed by atoms with Crippen LogP contribution in [-0.4, -0.2) is 63.1 Å². The first-order valence-electron chi connectivity index (χ1n) is 8.29. The lowest BCUT2D eigenvalue weighted by molar-refractivity contribution is -0.138. The number of aliphatic carboxylic acids is 1. The number of carboxylic acid groups (broad SMARTS) is 1. The second-order valence-corrected chi connectivity index (χ2v) is 8.39. The molecular weight excluding hydrogens is 372 g/mol. The van der Waals surface area contributed by atoms with Crippen molar-refractivity contribution in [2.24, 2.45) is 10.2 Å². The van der Waals surface area contributed by atoms with Gasteiger partial charge in [0.25, 0.3) is 0 Å². The zero-order valence-corrected chi connectivity index (χ0v) is 15.8. The summed E-state index contributed by atoms with van der Waals surface area (Å²) in [7, 11) is 0. The molecule has 26 heavy (non-hydrogen) atoms. The Labute approximate surface area is 160 Å². The van der Waals surface area contributed by atoms with E-state index in [1.165, 1.54) is 17.1 Å². The van der Waals surface area contributed by atoms with E-state index >= 15 is 0 Å². The number of nitrogens with zero attached hydrogens (tertiary/aromatic N) is 3. The summed E-state index contributed by atoms with van der Waals surface area (Å²) in [6.07, 6.45) is 1.41. The Hall–Kier alpha value is -1.84. The fraction of sp³-hybridized carbons (Fsp3) is 0.412. The van der Waals surface area contributed by atoms with Crippen molar-refractivity contribution in [3.05, 3.63) is 35.4 Å². The van der Waals surface area contributed by atoms with E-state index in [9.17, 15) is 9.59 Å². The second-order valence-electron chi connectivity index (χ2n) is 5.98. The maximum atomic E-state index is 11.7. The summed E-state index contributed by atoms with van der Waals surface area (Å²) in [5, 5.41) is 19.0. The minimum atomic E-state index is -1.01. The molecule has 3 rings (SSSR count). The Bertz CT molecular complexity index is 732. The summed E-state index contributed by atoms with van der Waals surface area (Å²) in [6.45, 7) is 3.16. The molecule has 2 N–H and O–H groups in total. The Morgan fingerprint density at radius 1 is 1.38 bits per heavy atom. The summed E-state index contributed by atoms with van der Waals surface area (Å²) < 4.78 is 0. The number of amidine groups is 1. The predicted molar refractivity (Wildman–Crippen MR) is 106 cm³/mol. The molecule has 0 bridgehead atoms. The lowest BCUT2D eigenvalue weighted by Crippen LogP contribution is -2.31. The van der Waals surface area contributed by atoms with Crippen LogP contribution >= 0.6 is 23.5 Å². The number of benzene rings is 1. The molecule has 2 heterocycles. The van der Waals surface area contributed by atoms with Gasteiger partial charge in [-0.05, 0) is 17.2 Å². The number of carbonyl (C=O) groups is 2. The smallest absolute Gasteiger partial charge is 0.305 e. The number of carbonyl (C=O) groups excluding carboxylic acids is 1. The molecule has 9 heteroatoms. The largest absolute Gasteiger partial charge is 0.481 e. The first kappa shape index (κ1) is 18.9. The predicted octanol–water partition coefficient (Wildman–Crippen LogP) is 1.63. The highest BCUT2D eigenvalue weighted by molar-refractivity contribution is 8.15. The van der Waals surface area contributed by atoms with E-state index < -0.39 is 11.2 Å². The van der Waals surface area contributed by atoms with Gasteiger partial charge in [0.05, 0.1) is 12.6 Å². The molecule has 7 nitrogen and oxygen atoms in total. The normalized spacial score (nSPS) is 22.8. The summed E-state index contributed by atoms with van der Waals surface area (Å²) in [6, 6.07) is 8.14. The molecule has 0 radical (unpaired) electrons. The Morgan fingerprint density at radius 2 is 2.19 bits per heavy atom. The maximum Gasteiger partial charge on any atom is 0.305 e. The van der Waals surface area contributed by atoms with Crippen LogP contribution in [0, 0.1) is 0 Å². The lowest BCUT2D eigenvalue weighted by Gasteiger charge is -2.26. The first-order valence-corrected chi connectivity index (χ1v) is 10.3. The minimum absolute atomic E-state index is 0.226. The van der Waals surface area contributed by atoms with Crippen molar-refractivity contribution in [3.63, 3.8) is 0 Å². The highest BCUT2D eigenvalue weighted by atomic mass is 32.2. The molecule has 2 fully saturated rings. The van der Waals surface area contributed by atoms with Gasteiger partial charge in [0.15, 0.2) is 5.17 Å². The summed E-state index contributed by atoms with van der Waals surface area (Å²) in [5.74, 6) is 1.02. The zero-order valence-electron chi connectivity index (χ0n) is 14.1. The minimum Gasteiger partial charge on any atom is -0.481 e. The number of hydrogen-bond acceptors (Lipinski definition) is 7.